The van der Waals surface area contributed by atoms with Crippen LogP contribution in [0.2, 0.25) is 0 Å². The first-order valence-electron chi connectivity index (χ1n) is 7.47. The molecule has 1 heterocycles. The maximum Gasteiger partial charge on any atom is 0.251 e. The zero-order valence-corrected chi connectivity index (χ0v) is 13.4. The number of morpholine rings is 1. The number of amides is 1. The molecule has 1 atom stereocenters. The van der Waals surface area contributed by atoms with E-state index in [1.165, 1.54) is 0 Å². The predicted molar refractivity (Wildman–Crippen MR) is 83.7 cm³/mol. The Kier molecular flexibility index (Phi) is 6.03. The van der Waals surface area contributed by atoms with Crippen LogP contribution < -0.4 is 14.8 Å². The van der Waals surface area contributed by atoms with Gasteiger partial charge >= 0.3 is 0 Å². The van der Waals surface area contributed by atoms with E-state index in [0.717, 1.165) is 26.3 Å². The van der Waals surface area contributed by atoms with E-state index in [9.17, 15) is 4.79 Å². The molecule has 1 N–H and O–H groups in total. The fourth-order valence-electron chi connectivity index (χ4n) is 2.43. The number of ether oxygens (including phenoxy) is 3. The van der Waals surface area contributed by atoms with Gasteiger partial charge in [0.15, 0.2) is 0 Å². The molecule has 122 valence electrons. The molecule has 0 aromatic heterocycles. The van der Waals surface area contributed by atoms with Gasteiger partial charge in [-0.3, -0.25) is 9.69 Å². The van der Waals surface area contributed by atoms with Crippen molar-refractivity contribution in [2.75, 3.05) is 47.1 Å². The van der Waals surface area contributed by atoms with Crippen LogP contribution in [0.1, 0.15) is 17.3 Å². The highest BCUT2D eigenvalue weighted by molar-refractivity contribution is 5.95. The molecule has 2 rings (SSSR count). The fourth-order valence-corrected chi connectivity index (χ4v) is 2.43. The second-order valence-corrected chi connectivity index (χ2v) is 5.31. The Bertz CT molecular complexity index is 479. The number of methoxy groups -OCH3 is 2. The Balaban J connectivity index is 1.93. The van der Waals surface area contributed by atoms with Gasteiger partial charge in [0.05, 0.1) is 27.4 Å². The van der Waals surface area contributed by atoms with Gasteiger partial charge in [-0.05, 0) is 19.1 Å². The highest BCUT2D eigenvalue weighted by Crippen LogP contribution is 2.22. The lowest BCUT2D eigenvalue weighted by atomic mass is 10.1. The second kappa shape index (κ2) is 8.00. The summed E-state index contributed by atoms with van der Waals surface area (Å²) >= 11 is 0. The molecule has 6 heteroatoms. The molecule has 22 heavy (non-hydrogen) atoms. The van der Waals surface area contributed by atoms with Crippen LogP contribution in [0.5, 0.6) is 11.5 Å². The van der Waals surface area contributed by atoms with Crippen molar-refractivity contribution in [3.63, 3.8) is 0 Å². The quantitative estimate of drug-likeness (QED) is 0.854. The van der Waals surface area contributed by atoms with E-state index in [4.69, 9.17) is 14.2 Å². The van der Waals surface area contributed by atoms with E-state index in [-0.39, 0.29) is 11.9 Å². The van der Waals surface area contributed by atoms with E-state index < -0.39 is 0 Å². The highest BCUT2D eigenvalue weighted by Gasteiger charge is 2.18. The van der Waals surface area contributed by atoms with Crippen LogP contribution >= 0.6 is 0 Å². The predicted octanol–water partition coefficient (Wildman–Crippen LogP) is 1.15. The minimum absolute atomic E-state index is 0.127. The van der Waals surface area contributed by atoms with Crippen LogP contribution in [-0.2, 0) is 4.74 Å². The number of hydrogen-bond acceptors (Lipinski definition) is 5. The average Bonchev–Trinajstić information content (AvgIpc) is 2.59. The summed E-state index contributed by atoms with van der Waals surface area (Å²) < 4.78 is 15.7. The number of benzene rings is 1. The lowest BCUT2D eigenvalue weighted by molar-refractivity contribution is 0.0204. The number of hydrogen-bond donors (Lipinski definition) is 1. The normalized spacial score (nSPS) is 16.9. The summed E-state index contributed by atoms with van der Waals surface area (Å²) in [5.74, 6) is 1.08. The van der Waals surface area contributed by atoms with Gasteiger partial charge in [0, 0.05) is 37.3 Å². The standard InChI is InChI=1S/C16H24N2O4/c1-12(18-4-6-22-7-5-18)11-17-16(19)13-8-14(20-2)10-15(9-13)21-3/h8-10,12H,4-7,11H2,1-3H3,(H,17,19). The average molecular weight is 308 g/mol. The zero-order valence-electron chi connectivity index (χ0n) is 13.4. The minimum atomic E-state index is -0.127. The number of carbonyl (C=O) groups is 1. The highest BCUT2D eigenvalue weighted by atomic mass is 16.5. The van der Waals surface area contributed by atoms with Crippen molar-refractivity contribution in [3.05, 3.63) is 23.8 Å². The fraction of sp³-hybridized carbons (Fsp3) is 0.562. The molecule has 1 unspecified atom stereocenters. The van der Waals surface area contributed by atoms with E-state index >= 15 is 0 Å². The number of carbonyl (C=O) groups excluding carboxylic acids is 1. The first kappa shape index (κ1) is 16.6. The molecule has 1 aromatic carbocycles. The van der Waals surface area contributed by atoms with Crippen molar-refractivity contribution in [2.45, 2.75) is 13.0 Å². The Morgan fingerprint density at radius 1 is 1.23 bits per heavy atom. The monoisotopic (exact) mass is 308 g/mol. The molecular weight excluding hydrogens is 284 g/mol. The van der Waals surface area contributed by atoms with Crippen molar-refractivity contribution >= 4 is 5.91 Å². The molecule has 1 saturated heterocycles. The summed E-state index contributed by atoms with van der Waals surface area (Å²) in [6.07, 6.45) is 0. The van der Waals surface area contributed by atoms with Crippen LogP contribution in [0.15, 0.2) is 18.2 Å². The van der Waals surface area contributed by atoms with Gasteiger partial charge < -0.3 is 19.5 Å². The third kappa shape index (κ3) is 4.35. The van der Waals surface area contributed by atoms with Crippen molar-refractivity contribution in [3.8, 4) is 11.5 Å². The smallest absolute Gasteiger partial charge is 0.251 e. The van der Waals surface area contributed by atoms with Gasteiger partial charge in [-0.1, -0.05) is 0 Å². The van der Waals surface area contributed by atoms with Crippen LogP contribution in [0.4, 0.5) is 0 Å². The first-order chi connectivity index (χ1) is 10.6. The van der Waals surface area contributed by atoms with Crippen LogP contribution in [0.25, 0.3) is 0 Å². The summed E-state index contributed by atoms with van der Waals surface area (Å²) in [6.45, 7) is 6.03. The van der Waals surface area contributed by atoms with Crippen molar-refractivity contribution in [1.29, 1.82) is 0 Å². The van der Waals surface area contributed by atoms with Crippen molar-refractivity contribution < 1.29 is 19.0 Å². The first-order valence-corrected chi connectivity index (χ1v) is 7.47. The Morgan fingerprint density at radius 2 is 1.82 bits per heavy atom. The molecular formula is C16H24N2O4. The SMILES string of the molecule is COc1cc(OC)cc(C(=O)NCC(C)N2CCOCC2)c1. The molecule has 1 fully saturated rings. The summed E-state index contributed by atoms with van der Waals surface area (Å²) in [5, 5.41) is 2.97. The van der Waals surface area contributed by atoms with Gasteiger partial charge in [0.1, 0.15) is 11.5 Å². The maximum absolute atomic E-state index is 12.3. The number of nitrogens with one attached hydrogen (secondary N) is 1. The molecule has 6 nitrogen and oxygen atoms in total. The zero-order chi connectivity index (χ0) is 15.9. The summed E-state index contributed by atoms with van der Waals surface area (Å²) in [5.41, 5.74) is 0.533. The lowest BCUT2D eigenvalue weighted by Gasteiger charge is -2.32. The lowest BCUT2D eigenvalue weighted by Crippen LogP contribution is -2.47. The van der Waals surface area contributed by atoms with Crippen LogP contribution in [0.3, 0.4) is 0 Å². The maximum atomic E-state index is 12.3. The third-order valence-corrected chi connectivity index (χ3v) is 3.84. The Hall–Kier alpha value is -1.79. The van der Waals surface area contributed by atoms with Gasteiger partial charge in [0.2, 0.25) is 0 Å². The van der Waals surface area contributed by atoms with E-state index in [2.05, 4.69) is 17.1 Å². The van der Waals surface area contributed by atoms with E-state index in [0.29, 0.717) is 23.6 Å². The van der Waals surface area contributed by atoms with E-state index in [1.54, 1.807) is 32.4 Å². The molecule has 0 spiro atoms. The summed E-state index contributed by atoms with van der Waals surface area (Å²) in [7, 11) is 3.13. The Labute approximate surface area is 131 Å². The Morgan fingerprint density at radius 3 is 2.36 bits per heavy atom. The molecule has 1 amide bonds. The molecule has 0 saturated carbocycles. The largest absolute Gasteiger partial charge is 0.497 e. The van der Waals surface area contributed by atoms with Gasteiger partial charge in [-0.15, -0.1) is 0 Å². The molecule has 0 radical (unpaired) electrons. The van der Waals surface area contributed by atoms with Crippen molar-refractivity contribution in [2.24, 2.45) is 0 Å². The number of nitrogens with zero attached hydrogens (tertiary/aromatic N) is 1. The molecule has 1 aromatic rings. The van der Waals surface area contributed by atoms with Crippen molar-refractivity contribution in [1.82, 2.24) is 10.2 Å². The van der Waals surface area contributed by atoms with Crippen LogP contribution in [-0.4, -0.2) is 63.9 Å². The minimum Gasteiger partial charge on any atom is -0.497 e. The van der Waals surface area contributed by atoms with E-state index in [1.807, 2.05) is 0 Å². The van der Waals surface area contributed by atoms with Gasteiger partial charge in [-0.25, -0.2) is 0 Å². The van der Waals surface area contributed by atoms with Gasteiger partial charge in [-0.2, -0.15) is 0 Å². The number of rotatable bonds is 6. The molecule has 0 bridgehead atoms. The third-order valence-electron chi connectivity index (χ3n) is 3.84. The second-order valence-electron chi connectivity index (χ2n) is 5.31. The summed E-state index contributed by atoms with van der Waals surface area (Å²) in [6, 6.07) is 5.43. The topological polar surface area (TPSA) is 60.0 Å². The molecule has 1 aliphatic heterocycles. The molecule has 1 aliphatic rings. The summed E-state index contributed by atoms with van der Waals surface area (Å²) in [4.78, 5) is 14.6. The van der Waals surface area contributed by atoms with Crippen LogP contribution in [0, 0.1) is 0 Å². The van der Waals surface area contributed by atoms with Gasteiger partial charge in [0.25, 0.3) is 5.91 Å². The molecule has 0 aliphatic carbocycles.